The third-order valence-electron chi connectivity index (χ3n) is 3.32. The number of hydrogen-bond donors (Lipinski definition) is 1. The second-order valence-corrected chi connectivity index (χ2v) is 5.19. The summed E-state index contributed by atoms with van der Waals surface area (Å²) in [7, 11) is 0. The number of carbonyl (C=O) groups excluding carboxylic acids is 1. The first-order chi connectivity index (χ1) is 9.19. The van der Waals surface area contributed by atoms with E-state index in [4.69, 9.17) is 16.3 Å². The van der Waals surface area contributed by atoms with Crippen molar-refractivity contribution in [1.82, 2.24) is 4.98 Å². The van der Waals surface area contributed by atoms with E-state index in [0.29, 0.717) is 17.3 Å². The largest absolute Gasteiger partial charge is 0.365 e. The van der Waals surface area contributed by atoms with Crippen LogP contribution >= 0.6 is 11.6 Å². The molecule has 0 unspecified atom stereocenters. The van der Waals surface area contributed by atoms with Gasteiger partial charge < -0.3 is 10.1 Å². The molecule has 1 fully saturated rings. The molecule has 0 radical (unpaired) electrons. The number of ether oxygens (including phenoxy) is 1. The van der Waals surface area contributed by atoms with E-state index in [1.165, 1.54) is 12.8 Å². The van der Waals surface area contributed by atoms with Crippen LogP contribution in [0.3, 0.4) is 0 Å². The maximum atomic E-state index is 12.1. The van der Waals surface area contributed by atoms with Crippen molar-refractivity contribution in [2.45, 2.75) is 51.2 Å². The van der Waals surface area contributed by atoms with Crippen LogP contribution in [0, 0.1) is 0 Å². The van der Waals surface area contributed by atoms with Crippen molar-refractivity contribution in [2.24, 2.45) is 0 Å². The highest BCUT2D eigenvalue weighted by atomic mass is 35.5. The Morgan fingerprint density at radius 2 is 2.26 bits per heavy atom. The van der Waals surface area contributed by atoms with E-state index in [9.17, 15) is 4.79 Å². The molecule has 1 N–H and O–H groups in total. The van der Waals surface area contributed by atoms with E-state index in [1.807, 2.05) is 6.92 Å². The maximum Gasteiger partial charge on any atom is 0.253 e. The first-order valence-corrected chi connectivity index (χ1v) is 7.14. The van der Waals surface area contributed by atoms with E-state index < -0.39 is 6.10 Å². The van der Waals surface area contributed by atoms with Gasteiger partial charge in [-0.1, -0.05) is 31.4 Å². The predicted molar refractivity (Wildman–Crippen MR) is 75.3 cm³/mol. The number of rotatable bonds is 5. The first kappa shape index (κ1) is 14.3. The van der Waals surface area contributed by atoms with Crippen LogP contribution in [-0.2, 0) is 9.53 Å². The number of aromatic nitrogens is 1. The van der Waals surface area contributed by atoms with Gasteiger partial charge in [0.25, 0.3) is 5.91 Å². The molecular weight excluding hydrogens is 264 g/mol. The molecule has 1 aromatic rings. The lowest BCUT2D eigenvalue weighted by Gasteiger charge is -2.20. The van der Waals surface area contributed by atoms with Gasteiger partial charge in [0.1, 0.15) is 11.3 Å². The molecule has 1 heterocycles. The van der Waals surface area contributed by atoms with E-state index in [0.717, 1.165) is 12.8 Å². The standard InChI is InChI=1S/C14H19ClN2O2/c1-2-12(19-11-5-3-4-6-11)14(18)17-10-7-8-13(15)16-9-10/h7-9,11-12H,2-6H2,1H3,(H,17,18)/t12-/m1/s1. The zero-order valence-electron chi connectivity index (χ0n) is 11.1. The third-order valence-corrected chi connectivity index (χ3v) is 3.54. The number of pyridine rings is 1. The highest BCUT2D eigenvalue weighted by molar-refractivity contribution is 6.29. The van der Waals surface area contributed by atoms with Gasteiger partial charge in [0.2, 0.25) is 0 Å². The van der Waals surface area contributed by atoms with E-state index >= 15 is 0 Å². The number of hydrogen-bond acceptors (Lipinski definition) is 3. The summed E-state index contributed by atoms with van der Waals surface area (Å²) in [4.78, 5) is 16.1. The number of halogens is 1. The molecule has 1 aromatic heterocycles. The fourth-order valence-electron chi connectivity index (χ4n) is 2.27. The number of nitrogens with one attached hydrogen (secondary N) is 1. The van der Waals surface area contributed by atoms with Gasteiger partial charge in [-0.05, 0) is 31.4 Å². The molecule has 0 saturated heterocycles. The molecule has 4 nitrogen and oxygen atoms in total. The summed E-state index contributed by atoms with van der Waals surface area (Å²) < 4.78 is 5.86. The van der Waals surface area contributed by atoms with Crippen LogP contribution in [0.1, 0.15) is 39.0 Å². The van der Waals surface area contributed by atoms with Gasteiger partial charge in [0.05, 0.1) is 18.0 Å². The van der Waals surface area contributed by atoms with Gasteiger partial charge in [-0.2, -0.15) is 0 Å². The van der Waals surface area contributed by atoms with E-state index in [-0.39, 0.29) is 12.0 Å². The van der Waals surface area contributed by atoms with Gasteiger partial charge in [0, 0.05) is 0 Å². The molecule has 5 heteroatoms. The van der Waals surface area contributed by atoms with Gasteiger partial charge in [-0.15, -0.1) is 0 Å². The quantitative estimate of drug-likeness (QED) is 0.842. The normalized spacial score (nSPS) is 17.4. The maximum absolute atomic E-state index is 12.1. The molecule has 1 aliphatic carbocycles. The van der Waals surface area contributed by atoms with Crippen LogP contribution in [0.25, 0.3) is 0 Å². The molecule has 0 spiro atoms. The summed E-state index contributed by atoms with van der Waals surface area (Å²) in [6.45, 7) is 1.96. The molecule has 19 heavy (non-hydrogen) atoms. The lowest BCUT2D eigenvalue weighted by Crippen LogP contribution is -2.32. The Labute approximate surface area is 118 Å². The van der Waals surface area contributed by atoms with Crippen molar-refractivity contribution in [3.8, 4) is 0 Å². The number of nitrogens with zero attached hydrogens (tertiary/aromatic N) is 1. The molecule has 1 atom stereocenters. The smallest absolute Gasteiger partial charge is 0.253 e. The zero-order valence-corrected chi connectivity index (χ0v) is 11.8. The van der Waals surface area contributed by atoms with Crippen molar-refractivity contribution in [3.63, 3.8) is 0 Å². The van der Waals surface area contributed by atoms with Crippen molar-refractivity contribution in [1.29, 1.82) is 0 Å². The summed E-state index contributed by atoms with van der Waals surface area (Å²) >= 11 is 5.70. The average molecular weight is 283 g/mol. The van der Waals surface area contributed by atoms with Gasteiger partial charge >= 0.3 is 0 Å². The minimum absolute atomic E-state index is 0.112. The van der Waals surface area contributed by atoms with Crippen LogP contribution in [0.4, 0.5) is 5.69 Å². The molecule has 1 amide bonds. The number of carbonyl (C=O) groups is 1. The average Bonchev–Trinajstić information content (AvgIpc) is 2.91. The van der Waals surface area contributed by atoms with E-state index in [1.54, 1.807) is 18.3 Å². The van der Waals surface area contributed by atoms with Gasteiger partial charge in [-0.3, -0.25) is 4.79 Å². The number of anilines is 1. The van der Waals surface area contributed by atoms with Crippen molar-refractivity contribution in [2.75, 3.05) is 5.32 Å². The Morgan fingerprint density at radius 1 is 1.53 bits per heavy atom. The number of amides is 1. The van der Waals surface area contributed by atoms with Crippen LogP contribution in [0.2, 0.25) is 5.15 Å². The topological polar surface area (TPSA) is 51.2 Å². The van der Waals surface area contributed by atoms with Crippen LogP contribution in [0.15, 0.2) is 18.3 Å². The lowest BCUT2D eigenvalue weighted by molar-refractivity contribution is -0.131. The Balaban J connectivity index is 1.90. The third kappa shape index (κ3) is 4.18. The zero-order chi connectivity index (χ0) is 13.7. The summed E-state index contributed by atoms with van der Waals surface area (Å²) in [6, 6.07) is 3.38. The van der Waals surface area contributed by atoms with Crippen LogP contribution < -0.4 is 5.32 Å². The minimum Gasteiger partial charge on any atom is -0.365 e. The summed E-state index contributed by atoms with van der Waals surface area (Å²) in [5.74, 6) is -0.112. The van der Waals surface area contributed by atoms with Crippen molar-refractivity contribution >= 4 is 23.2 Å². The molecule has 1 aliphatic rings. The van der Waals surface area contributed by atoms with E-state index in [2.05, 4.69) is 10.3 Å². The molecule has 2 rings (SSSR count). The fourth-order valence-corrected chi connectivity index (χ4v) is 2.38. The Hall–Kier alpha value is -1.13. The fraction of sp³-hybridized carbons (Fsp3) is 0.571. The summed E-state index contributed by atoms with van der Waals surface area (Å²) in [5.41, 5.74) is 0.642. The lowest BCUT2D eigenvalue weighted by atomic mass is 10.2. The molecule has 0 bridgehead atoms. The summed E-state index contributed by atoms with van der Waals surface area (Å²) in [6.07, 6.45) is 6.58. The summed E-state index contributed by atoms with van der Waals surface area (Å²) in [5, 5.41) is 3.22. The minimum atomic E-state index is -0.390. The van der Waals surface area contributed by atoms with Crippen molar-refractivity contribution in [3.05, 3.63) is 23.5 Å². The second-order valence-electron chi connectivity index (χ2n) is 4.80. The molecule has 1 saturated carbocycles. The Morgan fingerprint density at radius 3 is 2.84 bits per heavy atom. The molecule has 0 aromatic carbocycles. The monoisotopic (exact) mass is 282 g/mol. The molecular formula is C14H19ClN2O2. The highest BCUT2D eigenvalue weighted by Gasteiger charge is 2.24. The first-order valence-electron chi connectivity index (χ1n) is 6.77. The Bertz CT molecular complexity index is 416. The second kappa shape index (κ2) is 6.87. The Kier molecular flexibility index (Phi) is 5.16. The highest BCUT2D eigenvalue weighted by Crippen LogP contribution is 2.23. The van der Waals surface area contributed by atoms with Gasteiger partial charge in [0.15, 0.2) is 0 Å². The van der Waals surface area contributed by atoms with Crippen LogP contribution in [0.5, 0.6) is 0 Å². The van der Waals surface area contributed by atoms with Crippen LogP contribution in [-0.4, -0.2) is 23.1 Å². The molecule has 104 valence electrons. The predicted octanol–water partition coefficient (Wildman–Crippen LogP) is 3.41. The molecule has 0 aliphatic heterocycles. The van der Waals surface area contributed by atoms with Gasteiger partial charge in [-0.25, -0.2) is 4.98 Å². The SMILES string of the molecule is CC[C@@H](OC1CCCC1)C(=O)Nc1ccc(Cl)nc1. The van der Waals surface area contributed by atoms with Crippen molar-refractivity contribution < 1.29 is 9.53 Å².